The maximum Gasteiger partial charge on any atom is 0.330 e. The van der Waals surface area contributed by atoms with Gasteiger partial charge in [-0.2, -0.15) is 0 Å². The Kier molecular flexibility index (Phi) is 24.5. The van der Waals surface area contributed by atoms with E-state index in [9.17, 15) is 24.0 Å². The van der Waals surface area contributed by atoms with E-state index in [-0.39, 0.29) is 67.2 Å². The number of ether oxygens (including phenoxy) is 6. The standard InChI is InChI=1S/C59H89N7O13S/c1-36(2)30-45-56(70)76-40(9)55(80)64(13)48(33-39(7)8)58(72)78-50(35-42-16-20-44(21-17-42)66-24-28-75-29-25-66)53(68)62(11)47(32-38(5)6)59(73)79-51(60)54(69)63(12)46(31-37(3)4)57(71)77-49(52(67)61(45)10)34-41-14-18-43(19-15-41)65-22-26-74-27-23-65/h14-21,36-40,45-51H,22-35,60H2,1-13H3/t40-,45+,46+,47+,48+,49-,50-,51+/m0/s1. The van der Waals surface area contributed by atoms with Crippen LogP contribution >= 0.6 is 12.2 Å². The summed E-state index contributed by atoms with van der Waals surface area (Å²) in [4.78, 5) is 112. The molecule has 80 heavy (non-hydrogen) atoms. The van der Waals surface area contributed by atoms with Crippen LogP contribution in [0.2, 0.25) is 0 Å². The first-order valence-electron chi connectivity index (χ1n) is 28.2. The normalized spacial score (nSPS) is 25.6. The van der Waals surface area contributed by atoms with E-state index < -0.39 is 90.3 Å². The second-order valence-electron chi connectivity index (χ2n) is 23.1. The van der Waals surface area contributed by atoms with E-state index >= 15 is 9.59 Å². The average molecular weight is 1140 g/mol. The molecule has 3 fully saturated rings. The van der Waals surface area contributed by atoms with E-state index in [1.807, 2.05) is 104 Å². The van der Waals surface area contributed by atoms with Crippen LogP contribution in [-0.2, 0) is 74.8 Å². The van der Waals surface area contributed by atoms with Gasteiger partial charge in [0.25, 0.3) is 17.7 Å². The Bertz CT molecular complexity index is 2230. The lowest BCUT2D eigenvalue weighted by Crippen LogP contribution is -2.56. The number of nitrogens with two attached hydrogens (primary N) is 1. The smallest absolute Gasteiger partial charge is 0.330 e. The largest absolute Gasteiger partial charge is 0.454 e. The summed E-state index contributed by atoms with van der Waals surface area (Å²) in [5.41, 5.74) is 9.64. The molecule has 0 aromatic heterocycles. The molecule has 0 bridgehead atoms. The van der Waals surface area contributed by atoms with Gasteiger partial charge < -0.3 is 57.8 Å². The molecule has 0 spiro atoms. The average Bonchev–Trinajstić information content (AvgIpc) is 3.44. The Labute approximate surface area is 479 Å². The fraction of sp³-hybridized carbons (Fsp3) is 0.661. The summed E-state index contributed by atoms with van der Waals surface area (Å²) in [7, 11) is 5.77. The summed E-state index contributed by atoms with van der Waals surface area (Å²) in [6, 6.07) is 10.2. The van der Waals surface area contributed by atoms with Crippen LogP contribution in [-0.4, -0.2) is 196 Å². The quantitative estimate of drug-likeness (QED) is 0.149. The third-order valence-electron chi connectivity index (χ3n) is 14.8. The van der Waals surface area contributed by atoms with Crippen molar-refractivity contribution in [1.82, 2.24) is 19.6 Å². The van der Waals surface area contributed by atoms with Crippen LogP contribution in [0.25, 0.3) is 0 Å². The molecule has 0 saturated carbocycles. The van der Waals surface area contributed by atoms with Crippen LogP contribution < -0.4 is 15.5 Å². The van der Waals surface area contributed by atoms with E-state index in [0.29, 0.717) is 63.7 Å². The van der Waals surface area contributed by atoms with Crippen LogP contribution in [0.5, 0.6) is 0 Å². The number of thiocarbonyl (C=S) groups is 1. The highest BCUT2D eigenvalue weighted by Crippen LogP contribution is 2.26. The molecular weight excluding hydrogens is 1050 g/mol. The molecule has 2 N–H and O–H groups in total. The van der Waals surface area contributed by atoms with Crippen molar-refractivity contribution < 1.29 is 62.0 Å². The molecule has 3 aliphatic rings. The van der Waals surface area contributed by atoms with Gasteiger partial charge in [0, 0.05) is 78.6 Å². The Balaban J connectivity index is 1.59. The number of hydrogen-bond acceptors (Lipinski definition) is 17. The molecule has 444 valence electrons. The second-order valence-corrected chi connectivity index (χ2v) is 23.5. The predicted octanol–water partition coefficient (Wildman–Crippen LogP) is 5.04. The Morgan fingerprint density at radius 3 is 1.10 bits per heavy atom. The minimum Gasteiger partial charge on any atom is -0.454 e. The number of carbonyl (C=O) groups is 7. The third kappa shape index (κ3) is 18.1. The van der Waals surface area contributed by atoms with E-state index in [1.165, 1.54) is 30.9 Å². The molecule has 5 rings (SSSR count). The summed E-state index contributed by atoms with van der Waals surface area (Å²) in [6.07, 6.45) is -5.75. The fourth-order valence-electron chi connectivity index (χ4n) is 10.1. The lowest BCUT2D eigenvalue weighted by molar-refractivity contribution is -0.174. The van der Waals surface area contributed by atoms with Crippen molar-refractivity contribution in [3.63, 3.8) is 0 Å². The van der Waals surface area contributed by atoms with Gasteiger partial charge in [-0.05, 0) is 91.7 Å². The minimum atomic E-state index is -1.95. The lowest BCUT2D eigenvalue weighted by atomic mass is 10.00. The third-order valence-corrected chi connectivity index (χ3v) is 15.4. The Hall–Kier alpha value is -5.90. The molecule has 8 atom stereocenters. The molecule has 0 unspecified atom stereocenters. The molecule has 21 heteroatoms. The summed E-state index contributed by atoms with van der Waals surface area (Å²) < 4.78 is 35.4. The van der Waals surface area contributed by atoms with Gasteiger partial charge in [0.1, 0.15) is 35.3 Å². The van der Waals surface area contributed by atoms with E-state index in [2.05, 4.69) is 9.80 Å². The zero-order chi connectivity index (χ0) is 59.1. The van der Waals surface area contributed by atoms with E-state index in [4.69, 9.17) is 46.4 Å². The Morgan fingerprint density at radius 2 is 0.762 bits per heavy atom. The number of carbonyl (C=O) groups excluding carboxylic acids is 7. The predicted molar refractivity (Wildman–Crippen MR) is 307 cm³/mol. The Morgan fingerprint density at radius 1 is 0.463 bits per heavy atom. The lowest BCUT2D eigenvalue weighted by Gasteiger charge is -2.36. The van der Waals surface area contributed by atoms with Crippen LogP contribution in [0.4, 0.5) is 11.4 Å². The maximum absolute atomic E-state index is 15.0. The molecule has 3 heterocycles. The monoisotopic (exact) mass is 1140 g/mol. The molecular formula is C59H89N7O13S. The van der Waals surface area contributed by atoms with Gasteiger partial charge in [0.05, 0.1) is 26.4 Å². The van der Waals surface area contributed by atoms with Gasteiger partial charge in [-0.25, -0.2) is 19.2 Å². The molecule has 20 nitrogen and oxygen atoms in total. The number of morpholine rings is 2. The molecule has 2 aromatic rings. The van der Waals surface area contributed by atoms with E-state index in [0.717, 1.165) is 21.2 Å². The van der Waals surface area contributed by atoms with Gasteiger partial charge in [-0.15, -0.1) is 0 Å². The van der Waals surface area contributed by atoms with Gasteiger partial charge in [0.15, 0.2) is 12.2 Å². The zero-order valence-electron chi connectivity index (χ0n) is 49.4. The van der Waals surface area contributed by atoms with Crippen molar-refractivity contribution in [1.29, 1.82) is 0 Å². The second kappa shape index (κ2) is 30.2. The summed E-state index contributed by atoms with van der Waals surface area (Å²) in [5, 5.41) is 0. The number of esters is 4. The van der Waals surface area contributed by atoms with Crippen molar-refractivity contribution in [2.75, 3.05) is 90.6 Å². The van der Waals surface area contributed by atoms with Crippen molar-refractivity contribution >= 4 is 70.2 Å². The van der Waals surface area contributed by atoms with Crippen LogP contribution in [0.15, 0.2) is 48.5 Å². The number of rotatable bonds is 14. The highest BCUT2D eigenvalue weighted by molar-refractivity contribution is 7.80. The maximum atomic E-state index is 15.0. The first kappa shape index (κ1) is 64.9. The van der Waals surface area contributed by atoms with Crippen LogP contribution in [0.1, 0.15) is 99.1 Å². The van der Waals surface area contributed by atoms with Crippen molar-refractivity contribution in [3.8, 4) is 0 Å². The number of likely N-dealkylation sites (N-methyl/N-ethyl adjacent to an activating group) is 4. The minimum absolute atomic E-state index is 0.0581. The molecule has 0 radical (unpaired) electrons. The summed E-state index contributed by atoms with van der Waals surface area (Å²) >= 11 is 5.98. The molecule has 3 aliphatic heterocycles. The molecule has 0 aliphatic carbocycles. The SMILES string of the molecule is CC(C)C[C@@H]1C(=O)O[C@@H](Cc2ccc(N3CCOCC3)cc2)C(=O)N(C)[C@H](CC(C)C)C(=O)O[C@@H](C)C(=S)N(C)[C@H](CC(C)C)C(=O)O[C@@H](Cc2ccc(N3CCOCC3)cc2)C(=O)N(C)[C@H](CC(C)C)C(=O)O[C@@H](N)C(=O)N1C. The number of hydrogen-bond donors (Lipinski definition) is 1. The number of amides is 3. The number of benzene rings is 2. The van der Waals surface area contributed by atoms with E-state index in [1.54, 1.807) is 14.0 Å². The van der Waals surface area contributed by atoms with Gasteiger partial charge in [-0.3, -0.25) is 20.1 Å². The van der Waals surface area contributed by atoms with Crippen molar-refractivity contribution in [2.45, 2.75) is 150 Å². The molecule has 3 amide bonds. The number of cyclic esters (lactones) is 4. The van der Waals surface area contributed by atoms with Gasteiger partial charge >= 0.3 is 23.9 Å². The molecule has 3 saturated heterocycles. The van der Waals surface area contributed by atoms with Crippen LogP contribution in [0.3, 0.4) is 0 Å². The summed E-state index contributed by atoms with van der Waals surface area (Å²) in [5.74, 6) is -6.51. The topological polar surface area (TPSA) is 220 Å². The first-order chi connectivity index (χ1) is 37.8. The van der Waals surface area contributed by atoms with Crippen molar-refractivity contribution in [2.24, 2.45) is 29.4 Å². The highest BCUT2D eigenvalue weighted by atomic mass is 32.1. The number of nitrogens with zero attached hydrogens (tertiary/aromatic N) is 6. The van der Waals surface area contributed by atoms with Crippen LogP contribution in [0, 0.1) is 23.7 Å². The zero-order valence-corrected chi connectivity index (χ0v) is 50.2. The first-order valence-corrected chi connectivity index (χ1v) is 28.7. The summed E-state index contributed by atoms with van der Waals surface area (Å²) in [6.45, 7) is 21.7. The van der Waals surface area contributed by atoms with Crippen molar-refractivity contribution in [3.05, 3.63) is 59.7 Å². The fourth-order valence-corrected chi connectivity index (χ4v) is 10.3. The highest BCUT2D eigenvalue weighted by Gasteiger charge is 2.43. The number of anilines is 2. The van der Waals surface area contributed by atoms with Gasteiger partial charge in [-0.1, -0.05) is 91.9 Å². The van der Waals surface area contributed by atoms with Gasteiger partial charge in [0.2, 0.25) is 6.23 Å². The molecule has 2 aromatic carbocycles.